The van der Waals surface area contributed by atoms with E-state index in [1.165, 1.54) is 23.3 Å². The Morgan fingerprint density at radius 3 is 1.28 bits per heavy atom. The van der Waals surface area contributed by atoms with Gasteiger partial charge in [-0.05, 0) is 38.5 Å². The number of hydrogen-bond donors (Lipinski definition) is 0. The van der Waals surface area contributed by atoms with E-state index in [9.17, 15) is 4.39 Å². The highest BCUT2D eigenvalue weighted by molar-refractivity contribution is 5.20. The topological polar surface area (TPSA) is 0 Å². The van der Waals surface area contributed by atoms with E-state index < -0.39 is 0 Å². The lowest BCUT2D eigenvalue weighted by molar-refractivity contribution is 0.626. The van der Waals surface area contributed by atoms with Crippen molar-refractivity contribution in [2.24, 2.45) is 0 Å². The summed E-state index contributed by atoms with van der Waals surface area (Å²) < 4.78 is 12.2. The molecule has 0 bridgehead atoms. The van der Waals surface area contributed by atoms with Crippen LogP contribution in [0.15, 0.2) is 48.5 Å². The zero-order valence-corrected chi connectivity index (χ0v) is 12.0. The Labute approximate surface area is 110 Å². The maximum atomic E-state index is 12.2. The molecule has 0 radical (unpaired) electrons. The predicted molar refractivity (Wildman–Crippen MR) is 78.4 cm³/mol. The molecule has 2 aromatic carbocycles. The van der Waals surface area contributed by atoms with Crippen molar-refractivity contribution in [2.75, 3.05) is 0 Å². The van der Waals surface area contributed by atoms with Crippen LogP contribution in [-0.4, -0.2) is 0 Å². The smallest absolute Gasteiger partial charge is 0.123 e. The summed E-state index contributed by atoms with van der Waals surface area (Å²) in [6.45, 7) is 10.1. The molecule has 0 heterocycles. The second kappa shape index (κ2) is 9.41. The fraction of sp³-hybridized carbons (Fsp3) is 0.294. The lowest BCUT2D eigenvalue weighted by atomic mass is 10.2. The van der Waals surface area contributed by atoms with Crippen molar-refractivity contribution in [2.45, 2.75) is 34.6 Å². The van der Waals surface area contributed by atoms with Crippen LogP contribution in [0.2, 0.25) is 0 Å². The van der Waals surface area contributed by atoms with Gasteiger partial charge in [-0.25, -0.2) is 4.39 Å². The van der Waals surface area contributed by atoms with Gasteiger partial charge in [0.1, 0.15) is 5.82 Å². The zero-order valence-electron chi connectivity index (χ0n) is 12.0. The molecule has 0 unspecified atom stereocenters. The summed E-state index contributed by atoms with van der Waals surface area (Å²) in [4.78, 5) is 0. The van der Waals surface area contributed by atoms with Gasteiger partial charge in [0, 0.05) is 0 Å². The van der Waals surface area contributed by atoms with E-state index in [1.807, 2.05) is 26.8 Å². The van der Waals surface area contributed by atoms with E-state index in [-0.39, 0.29) is 5.82 Å². The molecule has 0 saturated heterocycles. The molecule has 0 amide bonds. The standard InChI is InChI=1S/C8H10.C7H7F.C2H6/c1-7-4-3-5-8(2)6-7;1-6-3-2-4-7(8)5-6;1-2/h3-6H,1-2H3;2-5H,1H3;1-2H3. The van der Waals surface area contributed by atoms with Crippen LogP contribution in [0.25, 0.3) is 0 Å². The number of benzene rings is 2. The third kappa shape index (κ3) is 7.61. The summed E-state index contributed by atoms with van der Waals surface area (Å²) in [5.41, 5.74) is 3.64. The first-order chi connectivity index (χ1) is 8.58. The molecule has 2 rings (SSSR count). The van der Waals surface area contributed by atoms with E-state index in [4.69, 9.17) is 0 Å². The van der Waals surface area contributed by atoms with Crippen molar-refractivity contribution in [1.82, 2.24) is 0 Å². The second-order valence-electron chi connectivity index (χ2n) is 3.96. The van der Waals surface area contributed by atoms with Gasteiger partial charge >= 0.3 is 0 Å². The molecule has 0 fully saturated rings. The maximum Gasteiger partial charge on any atom is 0.123 e. The quantitative estimate of drug-likeness (QED) is 0.578. The molecule has 98 valence electrons. The van der Waals surface area contributed by atoms with Crippen LogP contribution < -0.4 is 0 Å². The van der Waals surface area contributed by atoms with Gasteiger partial charge in [0.05, 0.1) is 0 Å². The van der Waals surface area contributed by atoms with Gasteiger partial charge in [0.2, 0.25) is 0 Å². The van der Waals surface area contributed by atoms with Crippen molar-refractivity contribution in [3.05, 3.63) is 71.0 Å². The van der Waals surface area contributed by atoms with Gasteiger partial charge in [-0.15, -0.1) is 0 Å². The highest BCUT2D eigenvalue weighted by Gasteiger charge is 1.84. The molecule has 1 heteroatoms. The van der Waals surface area contributed by atoms with Gasteiger partial charge in [-0.3, -0.25) is 0 Å². The molecule has 0 atom stereocenters. The molecule has 18 heavy (non-hydrogen) atoms. The minimum atomic E-state index is -0.162. The molecular weight excluding hydrogens is 223 g/mol. The lowest BCUT2D eigenvalue weighted by Crippen LogP contribution is -1.72. The van der Waals surface area contributed by atoms with Crippen LogP contribution in [0.5, 0.6) is 0 Å². The highest BCUT2D eigenvalue weighted by Crippen LogP contribution is 2.00. The van der Waals surface area contributed by atoms with E-state index in [0.29, 0.717) is 0 Å². The molecule has 0 N–H and O–H groups in total. The van der Waals surface area contributed by atoms with Gasteiger partial charge in [0.25, 0.3) is 0 Å². The molecule has 0 aromatic heterocycles. The van der Waals surface area contributed by atoms with E-state index in [2.05, 4.69) is 38.1 Å². The molecule has 0 nitrogen and oxygen atoms in total. The minimum absolute atomic E-state index is 0.162. The minimum Gasteiger partial charge on any atom is -0.207 e. The first-order valence-corrected chi connectivity index (χ1v) is 6.33. The molecule has 0 saturated carbocycles. The number of aryl methyl sites for hydroxylation is 3. The van der Waals surface area contributed by atoms with Crippen LogP contribution in [0.3, 0.4) is 0 Å². The fourth-order valence-electron chi connectivity index (χ4n) is 1.41. The van der Waals surface area contributed by atoms with Gasteiger partial charge in [-0.2, -0.15) is 0 Å². The molecular formula is C17H23F. The third-order valence-electron chi connectivity index (χ3n) is 2.15. The molecule has 2 aromatic rings. The number of hydrogen-bond acceptors (Lipinski definition) is 0. The number of halogens is 1. The summed E-state index contributed by atoms with van der Waals surface area (Å²) in [6.07, 6.45) is 0. The summed E-state index contributed by atoms with van der Waals surface area (Å²) in [5.74, 6) is -0.162. The summed E-state index contributed by atoms with van der Waals surface area (Å²) in [7, 11) is 0. The average molecular weight is 246 g/mol. The predicted octanol–water partition coefficient (Wildman–Crippen LogP) is 5.46. The van der Waals surface area contributed by atoms with Crippen LogP contribution in [0.1, 0.15) is 30.5 Å². The third-order valence-corrected chi connectivity index (χ3v) is 2.15. The van der Waals surface area contributed by atoms with Crippen LogP contribution in [0, 0.1) is 26.6 Å². The average Bonchev–Trinajstić information content (AvgIpc) is 2.31. The zero-order chi connectivity index (χ0) is 14.0. The maximum absolute atomic E-state index is 12.2. The lowest BCUT2D eigenvalue weighted by Gasteiger charge is -1.90. The summed E-state index contributed by atoms with van der Waals surface area (Å²) >= 11 is 0. The largest absolute Gasteiger partial charge is 0.207 e. The molecule has 0 aliphatic rings. The molecule has 0 aliphatic heterocycles. The van der Waals surface area contributed by atoms with E-state index in [0.717, 1.165) is 5.56 Å². The first-order valence-electron chi connectivity index (χ1n) is 6.33. The Morgan fingerprint density at radius 2 is 1.06 bits per heavy atom. The second-order valence-corrected chi connectivity index (χ2v) is 3.96. The van der Waals surface area contributed by atoms with Crippen molar-refractivity contribution in [1.29, 1.82) is 0 Å². The van der Waals surface area contributed by atoms with Gasteiger partial charge in [-0.1, -0.05) is 61.4 Å². The Hall–Kier alpha value is -1.63. The van der Waals surface area contributed by atoms with Crippen molar-refractivity contribution in [3.8, 4) is 0 Å². The van der Waals surface area contributed by atoms with Gasteiger partial charge < -0.3 is 0 Å². The summed E-state index contributed by atoms with van der Waals surface area (Å²) in [6, 6.07) is 14.9. The molecule has 0 spiro atoms. The Morgan fingerprint density at radius 1 is 0.667 bits per heavy atom. The molecule has 0 aliphatic carbocycles. The Kier molecular flexibility index (Phi) is 8.55. The number of rotatable bonds is 0. The fourth-order valence-corrected chi connectivity index (χ4v) is 1.41. The van der Waals surface area contributed by atoms with E-state index in [1.54, 1.807) is 6.07 Å². The van der Waals surface area contributed by atoms with Crippen molar-refractivity contribution in [3.63, 3.8) is 0 Å². The summed E-state index contributed by atoms with van der Waals surface area (Å²) in [5, 5.41) is 0. The van der Waals surface area contributed by atoms with Crippen LogP contribution in [0.4, 0.5) is 4.39 Å². The monoisotopic (exact) mass is 246 g/mol. The van der Waals surface area contributed by atoms with Crippen LogP contribution >= 0.6 is 0 Å². The van der Waals surface area contributed by atoms with E-state index >= 15 is 0 Å². The van der Waals surface area contributed by atoms with Gasteiger partial charge in [0.15, 0.2) is 0 Å². The highest BCUT2D eigenvalue weighted by atomic mass is 19.1. The normalized spacial score (nSPS) is 8.56. The SMILES string of the molecule is CC.Cc1cccc(C)c1.Cc1cccc(F)c1. The van der Waals surface area contributed by atoms with Crippen molar-refractivity contribution >= 4 is 0 Å². The van der Waals surface area contributed by atoms with Crippen molar-refractivity contribution < 1.29 is 4.39 Å². The Bertz CT molecular complexity index is 369. The first kappa shape index (κ1) is 16.4. The Balaban J connectivity index is 0.000000283. The van der Waals surface area contributed by atoms with Crippen LogP contribution in [-0.2, 0) is 0 Å².